The van der Waals surface area contributed by atoms with Gasteiger partial charge in [-0.15, -0.1) is 0 Å². The molecule has 0 bridgehead atoms. The first kappa shape index (κ1) is 20.6. The molecule has 0 aliphatic heterocycles. The van der Waals surface area contributed by atoms with Crippen molar-refractivity contribution in [2.75, 3.05) is 11.9 Å². The van der Waals surface area contributed by atoms with Crippen LogP contribution in [0.3, 0.4) is 0 Å². The zero-order chi connectivity index (χ0) is 20.3. The SMILES string of the molecule is CN(c1ccc(Cl)c(C(=O)NC(O)C2CCCCC2)c1)c1cc(Cl)[nH]c(=O)n1. The number of aromatic amines is 1. The number of aliphatic hydroxyl groups is 1. The molecule has 1 aliphatic rings. The first-order valence-corrected chi connectivity index (χ1v) is 9.90. The van der Waals surface area contributed by atoms with Crippen LogP contribution in [0.4, 0.5) is 11.5 Å². The summed E-state index contributed by atoms with van der Waals surface area (Å²) < 4.78 is 0. The van der Waals surface area contributed by atoms with E-state index < -0.39 is 17.8 Å². The van der Waals surface area contributed by atoms with E-state index in [0.717, 1.165) is 32.1 Å². The van der Waals surface area contributed by atoms with E-state index in [1.807, 2.05) is 0 Å². The van der Waals surface area contributed by atoms with E-state index in [0.29, 0.717) is 11.5 Å². The largest absolute Gasteiger partial charge is 0.373 e. The second-order valence-corrected chi connectivity index (χ2v) is 7.75. The second-order valence-electron chi connectivity index (χ2n) is 6.93. The summed E-state index contributed by atoms with van der Waals surface area (Å²) >= 11 is 12.1. The number of aromatic nitrogens is 2. The Morgan fingerprint density at radius 1 is 1.29 bits per heavy atom. The van der Waals surface area contributed by atoms with E-state index in [9.17, 15) is 14.7 Å². The maximum Gasteiger partial charge on any atom is 0.348 e. The molecule has 1 aliphatic carbocycles. The van der Waals surface area contributed by atoms with Gasteiger partial charge in [0.25, 0.3) is 5.91 Å². The second kappa shape index (κ2) is 8.94. The molecule has 1 heterocycles. The molecule has 7 nitrogen and oxygen atoms in total. The smallest absolute Gasteiger partial charge is 0.348 e. The normalized spacial score (nSPS) is 15.9. The van der Waals surface area contributed by atoms with Crippen molar-refractivity contribution >= 4 is 40.6 Å². The van der Waals surface area contributed by atoms with Crippen molar-refractivity contribution in [1.29, 1.82) is 0 Å². The maximum absolute atomic E-state index is 12.7. The Balaban J connectivity index is 1.80. The molecular formula is C19H22Cl2N4O3. The summed E-state index contributed by atoms with van der Waals surface area (Å²) in [5.41, 5.74) is 0.254. The number of hydrogen-bond donors (Lipinski definition) is 3. The van der Waals surface area contributed by atoms with Gasteiger partial charge in [-0.3, -0.25) is 9.78 Å². The van der Waals surface area contributed by atoms with E-state index in [-0.39, 0.29) is 21.7 Å². The van der Waals surface area contributed by atoms with E-state index in [2.05, 4.69) is 15.3 Å². The van der Waals surface area contributed by atoms with Crippen molar-refractivity contribution in [1.82, 2.24) is 15.3 Å². The van der Waals surface area contributed by atoms with Gasteiger partial charge in [-0.2, -0.15) is 4.98 Å². The number of aliphatic hydroxyl groups excluding tert-OH is 1. The molecular weight excluding hydrogens is 403 g/mol. The van der Waals surface area contributed by atoms with Gasteiger partial charge in [0.05, 0.1) is 10.6 Å². The summed E-state index contributed by atoms with van der Waals surface area (Å²) in [7, 11) is 1.69. The number of carbonyl (C=O) groups excluding carboxylic acids is 1. The zero-order valence-electron chi connectivity index (χ0n) is 15.4. The van der Waals surface area contributed by atoms with Crippen LogP contribution in [0.15, 0.2) is 29.1 Å². The van der Waals surface area contributed by atoms with Crippen LogP contribution >= 0.6 is 23.2 Å². The number of anilines is 2. The van der Waals surface area contributed by atoms with Gasteiger partial charge in [-0.1, -0.05) is 42.5 Å². The Hall–Kier alpha value is -2.09. The molecule has 2 aromatic rings. The molecule has 1 atom stereocenters. The molecule has 1 aromatic carbocycles. The minimum atomic E-state index is -0.904. The average Bonchev–Trinajstić information content (AvgIpc) is 2.67. The van der Waals surface area contributed by atoms with Crippen LogP contribution in [0.2, 0.25) is 10.2 Å². The van der Waals surface area contributed by atoms with Crippen molar-refractivity contribution in [2.45, 2.75) is 38.3 Å². The molecule has 1 aromatic heterocycles. The van der Waals surface area contributed by atoms with Crippen LogP contribution in [0.5, 0.6) is 0 Å². The van der Waals surface area contributed by atoms with Gasteiger partial charge in [-0.25, -0.2) is 4.79 Å². The van der Waals surface area contributed by atoms with Crippen LogP contribution < -0.4 is 15.9 Å². The number of amides is 1. The summed E-state index contributed by atoms with van der Waals surface area (Å²) in [4.78, 5) is 32.1. The molecule has 0 spiro atoms. The van der Waals surface area contributed by atoms with Gasteiger partial charge in [-0.05, 0) is 31.0 Å². The van der Waals surface area contributed by atoms with Gasteiger partial charge >= 0.3 is 5.69 Å². The predicted octanol–water partition coefficient (Wildman–Crippen LogP) is 3.47. The van der Waals surface area contributed by atoms with Crippen molar-refractivity contribution in [3.63, 3.8) is 0 Å². The first-order valence-electron chi connectivity index (χ1n) is 9.14. The third-order valence-electron chi connectivity index (χ3n) is 5.00. The summed E-state index contributed by atoms with van der Waals surface area (Å²) in [5.74, 6) is -0.0652. The molecule has 3 N–H and O–H groups in total. The third-order valence-corrected chi connectivity index (χ3v) is 5.53. The van der Waals surface area contributed by atoms with Crippen LogP contribution in [-0.2, 0) is 0 Å². The van der Waals surface area contributed by atoms with Crippen molar-refractivity contribution in [3.05, 3.63) is 50.5 Å². The third kappa shape index (κ3) is 4.84. The number of carbonyl (C=O) groups is 1. The highest BCUT2D eigenvalue weighted by molar-refractivity contribution is 6.34. The minimum absolute atomic E-state index is 0.0599. The lowest BCUT2D eigenvalue weighted by molar-refractivity contribution is 0.0463. The fourth-order valence-electron chi connectivity index (χ4n) is 3.40. The molecule has 9 heteroatoms. The number of nitrogens with zero attached hydrogens (tertiary/aromatic N) is 2. The Kier molecular flexibility index (Phi) is 6.59. The van der Waals surface area contributed by atoms with Crippen LogP contribution in [0.25, 0.3) is 0 Å². The Morgan fingerprint density at radius 2 is 2.00 bits per heavy atom. The summed E-state index contributed by atoms with van der Waals surface area (Å²) in [5, 5.41) is 13.4. The maximum atomic E-state index is 12.7. The fourth-order valence-corrected chi connectivity index (χ4v) is 3.78. The van der Waals surface area contributed by atoms with Crippen LogP contribution in [-0.4, -0.2) is 34.3 Å². The quantitative estimate of drug-likeness (QED) is 0.504. The molecule has 1 unspecified atom stereocenters. The highest BCUT2D eigenvalue weighted by Gasteiger charge is 2.24. The summed E-state index contributed by atoms with van der Waals surface area (Å²) in [6.07, 6.45) is 4.17. The number of nitrogens with one attached hydrogen (secondary N) is 2. The monoisotopic (exact) mass is 424 g/mol. The molecule has 1 amide bonds. The van der Waals surface area contributed by atoms with Gasteiger partial charge in [0.2, 0.25) is 0 Å². The van der Waals surface area contributed by atoms with Crippen molar-refractivity contribution < 1.29 is 9.90 Å². The zero-order valence-corrected chi connectivity index (χ0v) is 16.9. The van der Waals surface area contributed by atoms with Crippen molar-refractivity contribution in [3.8, 4) is 0 Å². The number of hydrogen-bond acceptors (Lipinski definition) is 5. The first-order chi connectivity index (χ1) is 13.3. The molecule has 0 radical (unpaired) electrons. The molecule has 3 rings (SSSR count). The lowest BCUT2D eigenvalue weighted by Gasteiger charge is -2.27. The van der Waals surface area contributed by atoms with Crippen molar-refractivity contribution in [2.24, 2.45) is 5.92 Å². The number of benzene rings is 1. The van der Waals surface area contributed by atoms with E-state index in [4.69, 9.17) is 23.2 Å². The van der Waals surface area contributed by atoms with Crippen LogP contribution in [0.1, 0.15) is 42.5 Å². The number of H-pyrrole nitrogens is 1. The van der Waals surface area contributed by atoms with Gasteiger partial charge in [0, 0.05) is 24.7 Å². The lowest BCUT2D eigenvalue weighted by Crippen LogP contribution is -2.41. The molecule has 28 heavy (non-hydrogen) atoms. The van der Waals surface area contributed by atoms with Gasteiger partial charge < -0.3 is 15.3 Å². The Bertz CT molecular complexity index is 912. The number of rotatable bonds is 5. The van der Waals surface area contributed by atoms with Crippen LogP contribution in [0, 0.1) is 5.92 Å². The topological polar surface area (TPSA) is 98.3 Å². The predicted molar refractivity (Wildman–Crippen MR) is 109 cm³/mol. The minimum Gasteiger partial charge on any atom is -0.373 e. The Morgan fingerprint density at radius 3 is 2.68 bits per heavy atom. The fraction of sp³-hybridized carbons (Fsp3) is 0.421. The summed E-state index contributed by atoms with van der Waals surface area (Å²) in [6, 6.07) is 6.38. The molecule has 1 fully saturated rings. The highest BCUT2D eigenvalue weighted by Crippen LogP contribution is 2.28. The number of halogens is 2. The standard InChI is InChI=1S/C19H22Cl2N4O3/c1-25(16-10-15(21)22-19(28)23-16)12-7-8-14(20)13(9-12)18(27)24-17(26)11-5-3-2-4-6-11/h7-11,17,26H,2-6H2,1H3,(H,24,27)(H,22,23,28). The van der Waals surface area contributed by atoms with E-state index in [1.54, 1.807) is 30.1 Å². The van der Waals surface area contributed by atoms with E-state index in [1.165, 1.54) is 6.07 Å². The van der Waals surface area contributed by atoms with Gasteiger partial charge in [0.15, 0.2) is 0 Å². The lowest BCUT2D eigenvalue weighted by atomic mass is 9.88. The summed E-state index contributed by atoms with van der Waals surface area (Å²) in [6.45, 7) is 0. The average molecular weight is 425 g/mol. The van der Waals surface area contributed by atoms with E-state index >= 15 is 0 Å². The Labute approximate surface area is 172 Å². The molecule has 150 valence electrons. The van der Waals surface area contributed by atoms with Gasteiger partial charge in [0.1, 0.15) is 17.2 Å². The molecule has 0 saturated heterocycles. The molecule has 1 saturated carbocycles. The highest BCUT2D eigenvalue weighted by atomic mass is 35.5.